The highest BCUT2D eigenvalue weighted by Gasteiger charge is 2.13. The van der Waals surface area contributed by atoms with Gasteiger partial charge in [-0.2, -0.15) is 0 Å². The Balaban J connectivity index is 2.18. The third-order valence-electron chi connectivity index (χ3n) is 2.85. The standard InChI is InChI=1S/C12H11FN4OS/c1-18-10-3-2-7(4-8(10)13)9-6-19-12-16-15-11(5-14)17(9)12/h2-4,6H,5,14H2,1H3. The molecular weight excluding hydrogens is 267 g/mol. The van der Waals surface area contributed by atoms with E-state index in [1.165, 1.54) is 24.5 Å². The molecule has 0 unspecified atom stereocenters. The number of fused-ring (bicyclic) bond motifs is 1. The fourth-order valence-electron chi connectivity index (χ4n) is 1.93. The summed E-state index contributed by atoms with van der Waals surface area (Å²) in [6, 6.07) is 4.82. The molecule has 5 nitrogen and oxygen atoms in total. The first kappa shape index (κ1) is 12.1. The first-order chi connectivity index (χ1) is 9.24. The number of hydrogen-bond donors (Lipinski definition) is 1. The van der Waals surface area contributed by atoms with Gasteiger partial charge < -0.3 is 10.5 Å². The highest BCUT2D eigenvalue weighted by Crippen LogP contribution is 2.29. The van der Waals surface area contributed by atoms with E-state index in [1.807, 2.05) is 9.78 Å². The fraction of sp³-hybridized carbons (Fsp3) is 0.167. The summed E-state index contributed by atoms with van der Waals surface area (Å²) in [5.74, 6) is 0.474. The molecule has 7 heteroatoms. The Morgan fingerprint density at radius 1 is 1.42 bits per heavy atom. The van der Waals surface area contributed by atoms with Gasteiger partial charge in [-0.15, -0.1) is 21.5 Å². The van der Waals surface area contributed by atoms with Crippen molar-refractivity contribution in [2.45, 2.75) is 6.54 Å². The van der Waals surface area contributed by atoms with Gasteiger partial charge in [0.1, 0.15) is 0 Å². The van der Waals surface area contributed by atoms with Crippen LogP contribution in [0.25, 0.3) is 16.2 Å². The summed E-state index contributed by atoms with van der Waals surface area (Å²) in [6.45, 7) is 0.281. The molecule has 2 N–H and O–H groups in total. The maximum Gasteiger partial charge on any atom is 0.216 e. The van der Waals surface area contributed by atoms with Crippen molar-refractivity contribution in [1.82, 2.24) is 14.6 Å². The summed E-state index contributed by atoms with van der Waals surface area (Å²) in [4.78, 5) is 0.742. The van der Waals surface area contributed by atoms with Gasteiger partial charge in [0, 0.05) is 10.9 Å². The van der Waals surface area contributed by atoms with Gasteiger partial charge >= 0.3 is 0 Å². The Hall–Kier alpha value is -1.99. The minimum absolute atomic E-state index is 0.220. The molecule has 3 rings (SSSR count). The first-order valence-electron chi connectivity index (χ1n) is 5.60. The van der Waals surface area contributed by atoms with E-state index >= 15 is 0 Å². The molecule has 0 aliphatic rings. The van der Waals surface area contributed by atoms with Gasteiger partial charge in [-0.05, 0) is 18.2 Å². The number of nitrogens with zero attached hydrogens (tertiary/aromatic N) is 3. The molecular formula is C12H11FN4OS. The van der Waals surface area contributed by atoms with E-state index in [0.29, 0.717) is 5.82 Å². The maximum absolute atomic E-state index is 13.8. The van der Waals surface area contributed by atoms with Gasteiger partial charge in [0.25, 0.3) is 0 Å². The summed E-state index contributed by atoms with van der Waals surface area (Å²) < 4.78 is 20.5. The number of halogens is 1. The van der Waals surface area contributed by atoms with Crippen LogP contribution >= 0.6 is 11.3 Å². The zero-order valence-electron chi connectivity index (χ0n) is 10.1. The number of thiazole rings is 1. The van der Waals surface area contributed by atoms with Crippen LogP contribution in [0.4, 0.5) is 4.39 Å². The van der Waals surface area contributed by atoms with Gasteiger partial charge in [0.15, 0.2) is 17.4 Å². The molecule has 0 aliphatic carbocycles. The van der Waals surface area contributed by atoms with Crippen molar-refractivity contribution in [3.05, 3.63) is 35.2 Å². The average Bonchev–Trinajstić information content (AvgIpc) is 2.99. The van der Waals surface area contributed by atoms with E-state index in [-0.39, 0.29) is 12.3 Å². The average molecular weight is 278 g/mol. The van der Waals surface area contributed by atoms with Crippen molar-refractivity contribution >= 4 is 16.3 Å². The Bertz CT molecular complexity index is 736. The predicted octanol–water partition coefficient (Wildman–Crippen LogP) is 2.06. The summed E-state index contributed by atoms with van der Waals surface area (Å²) >= 11 is 1.44. The summed E-state index contributed by atoms with van der Waals surface area (Å²) in [6.07, 6.45) is 0. The highest BCUT2D eigenvalue weighted by atomic mass is 32.1. The molecule has 0 spiro atoms. The van der Waals surface area contributed by atoms with Gasteiger partial charge in [-0.3, -0.25) is 4.40 Å². The third kappa shape index (κ3) is 1.87. The van der Waals surface area contributed by atoms with Crippen LogP contribution in [-0.2, 0) is 6.54 Å². The van der Waals surface area contributed by atoms with E-state index in [9.17, 15) is 4.39 Å². The lowest BCUT2D eigenvalue weighted by molar-refractivity contribution is 0.386. The molecule has 0 radical (unpaired) electrons. The Kier molecular flexibility index (Phi) is 2.92. The van der Waals surface area contributed by atoms with Gasteiger partial charge in [0.2, 0.25) is 4.96 Å². The van der Waals surface area contributed by atoms with Crippen LogP contribution in [-0.4, -0.2) is 21.7 Å². The molecule has 1 aromatic carbocycles. The number of methoxy groups -OCH3 is 1. The number of benzene rings is 1. The molecule has 0 amide bonds. The molecule has 0 saturated carbocycles. The van der Waals surface area contributed by atoms with E-state index in [4.69, 9.17) is 10.5 Å². The second kappa shape index (κ2) is 4.60. The lowest BCUT2D eigenvalue weighted by Gasteiger charge is -2.05. The van der Waals surface area contributed by atoms with Crippen LogP contribution in [0, 0.1) is 5.82 Å². The first-order valence-corrected chi connectivity index (χ1v) is 6.48. The maximum atomic E-state index is 13.8. The molecule has 3 aromatic rings. The van der Waals surface area contributed by atoms with Gasteiger partial charge in [-0.25, -0.2) is 4.39 Å². The van der Waals surface area contributed by atoms with Crippen LogP contribution < -0.4 is 10.5 Å². The molecule has 98 valence electrons. The number of ether oxygens (including phenoxy) is 1. The molecule has 19 heavy (non-hydrogen) atoms. The molecule has 0 atom stereocenters. The van der Waals surface area contributed by atoms with Crippen molar-refractivity contribution in [2.75, 3.05) is 7.11 Å². The number of nitrogens with two attached hydrogens (primary N) is 1. The summed E-state index contributed by atoms with van der Waals surface area (Å²) in [5.41, 5.74) is 7.19. The van der Waals surface area contributed by atoms with E-state index in [2.05, 4.69) is 10.2 Å². The molecule has 2 aromatic heterocycles. The molecule has 0 fully saturated rings. The lowest BCUT2D eigenvalue weighted by Crippen LogP contribution is -2.03. The number of rotatable bonds is 3. The Morgan fingerprint density at radius 2 is 2.26 bits per heavy atom. The van der Waals surface area contributed by atoms with Crippen LogP contribution in [0.15, 0.2) is 23.6 Å². The minimum atomic E-state index is -0.401. The summed E-state index contributed by atoms with van der Waals surface area (Å²) in [7, 11) is 1.44. The smallest absolute Gasteiger partial charge is 0.216 e. The zero-order chi connectivity index (χ0) is 13.4. The normalized spacial score (nSPS) is 11.1. The van der Waals surface area contributed by atoms with E-state index in [1.54, 1.807) is 12.1 Å². The molecule has 2 heterocycles. The quantitative estimate of drug-likeness (QED) is 0.796. The Labute approximate surface area is 112 Å². The van der Waals surface area contributed by atoms with Crippen molar-refractivity contribution < 1.29 is 9.13 Å². The van der Waals surface area contributed by atoms with Crippen LogP contribution in [0.3, 0.4) is 0 Å². The Morgan fingerprint density at radius 3 is 2.95 bits per heavy atom. The van der Waals surface area contributed by atoms with Crippen LogP contribution in [0.1, 0.15) is 5.82 Å². The lowest BCUT2D eigenvalue weighted by atomic mass is 10.1. The van der Waals surface area contributed by atoms with Gasteiger partial charge in [0.05, 0.1) is 19.3 Å². The molecule has 0 aliphatic heterocycles. The van der Waals surface area contributed by atoms with Crippen LogP contribution in [0.2, 0.25) is 0 Å². The van der Waals surface area contributed by atoms with Crippen LogP contribution in [0.5, 0.6) is 5.75 Å². The zero-order valence-corrected chi connectivity index (χ0v) is 10.9. The van der Waals surface area contributed by atoms with Crippen molar-refractivity contribution in [1.29, 1.82) is 0 Å². The predicted molar refractivity (Wildman–Crippen MR) is 70.7 cm³/mol. The number of hydrogen-bond acceptors (Lipinski definition) is 5. The molecule has 0 saturated heterocycles. The van der Waals surface area contributed by atoms with E-state index < -0.39 is 5.82 Å². The highest BCUT2D eigenvalue weighted by molar-refractivity contribution is 7.15. The largest absolute Gasteiger partial charge is 0.494 e. The van der Waals surface area contributed by atoms with Crippen molar-refractivity contribution in [3.63, 3.8) is 0 Å². The fourth-order valence-corrected chi connectivity index (χ4v) is 2.79. The number of aromatic nitrogens is 3. The minimum Gasteiger partial charge on any atom is -0.494 e. The SMILES string of the molecule is COc1ccc(-c2csc3nnc(CN)n23)cc1F. The monoisotopic (exact) mass is 278 g/mol. The van der Waals surface area contributed by atoms with Crippen molar-refractivity contribution in [2.24, 2.45) is 5.73 Å². The topological polar surface area (TPSA) is 65.4 Å². The van der Waals surface area contributed by atoms with Gasteiger partial charge in [-0.1, -0.05) is 0 Å². The molecule has 0 bridgehead atoms. The summed E-state index contributed by atoms with van der Waals surface area (Å²) in [5, 5.41) is 9.93. The second-order valence-electron chi connectivity index (χ2n) is 3.91. The van der Waals surface area contributed by atoms with Crippen molar-refractivity contribution in [3.8, 4) is 17.0 Å². The van der Waals surface area contributed by atoms with E-state index in [0.717, 1.165) is 16.2 Å². The second-order valence-corrected chi connectivity index (χ2v) is 4.75. The third-order valence-corrected chi connectivity index (χ3v) is 3.66.